The van der Waals surface area contributed by atoms with Gasteiger partial charge in [0.05, 0.1) is 22.5 Å². The van der Waals surface area contributed by atoms with E-state index >= 15 is 0 Å². The number of benzene rings is 2. The fraction of sp³-hybridized carbons (Fsp3) is 0.417. The van der Waals surface area contributed by atoms with E-state index in [-0.39, 0.29) is 17.6 Å². The number of hydrogen-bond acceptors (Lipinski definition) is 4. The minimum Gasteiger partial charge on any atom is -0.352 e. The number of alkyl halides is 3. The van der Waals surface area contributed by atoms with Crippen LogP contribution in [0.2, 0.25) is 10.0 Å². The fourth-order valence-corrected chi connectivity index (χ4v) is 4.69. The molecule has 2 atom stereocenters. The first-order chi connectivity index (χ1) is 17.0. The van der Waals surface area contributed by atoms with Crippen molar-refractivity contribution in [2.45, 2.75) is 52.0 Å². The molecule has 0 spiro atoms. The molecule has 0 saturated carbocycles. The van der Waals surface area contributed by atoms with Gasteiger partial charge in [0.1, 0.15) is 12.6 Å². The third kappa shape index (κ3) is 8.51. The molecule has 13 heteroatoms. The van der Waals surface area contributed by atoms with Crippen LogP contribution in [0, 0.1) is 0 Å². The monoisotopic (exact) mass is 581 g/mol. The van der Waals surface area contributed by atoms with E-state index in [4.69, 9.17) is 23.2 Å². The number of carbonyl (C=O) groups excluding carboxylic acids is 2. The first-order valence-corrected chi connectivity index (χ1v) is 13.8. The smallest absolute Gasteiger partial charge is 0.352 e. The minimum absolute atomic E-state index is 0.109. The number of nitrogens with zero attached hydrogens (tertiary/aromatic N) is 2. The Bertz CT molecular complexity index is 1240. The number of carbonyl (C=O) groups is 2. The second-order valence-corrected chi connectivity index (χ2v) is 11.3. The predicted molar refractivity (Wildman–Crippen MR) is 138 cm³/mol. The van der Waals surface area contributed by atoms with E-state index in [2.05, 4.69) is 5.32 Å². The van der Waals surface area contributed by atoms with Crippen LogP contribution >= 0.6 is 23.2 Å². The molecule has 0 heterocycles. The second kappa shape index (κ2) is 12.4. The normalized spacial score (nSPS) is 13.5. The van der Waals surface area contributed by atoms with E-state index in [0.29, 0.717) is 33.4 Å². The van der Waals surface area contributed by atoms with Gasteiger partial charge in [-0.25, -0.2) is 8.42 Å². The lowest BCUT2D eigenvalue weighted by atomic mass is 10.1. The van der Waals surface area contributed by atoms with Gasteiger partial charge in [0.15, 0.2) is 0 Å². The maximum atomic E-state index is 13.5. The third-order valence-electron chi connectivity index (χ3n) is 5.63. The number of halogens is 5. The zero-order valence-corrected chi connectivity index (χ0v) is 23.0. The van der Waals surface area contributed by atoms with Crippen molar-refractivity contribution in [1.82, 2.24) is 10.2 Å². The van der Waals surface area contributed by atoms with Gasteiger partial charge in [0, 0.05) is 17.6 Å². The highest BCUT2D eigenvalue weighted by Gasteiger charge is 2.34. The van der Waals surface area contributed by atoms with Crippen molar-refractivity contribution in [2.24, 2.45) is 0 Å². The Morgan fingerprint density at radius 1 is 1.08 bits per heavy atom. The van der Waals surface area contributed by atoms with E-state index in [1.54, 1.807) is 31.2 Å². The summed E-state index contributed by atoms with van der Waals surface area (Å²) in [5, 5.41) is 2.86. The van der Waals surface area contributed by atoms with Gasteiger partial charge in [-0.3, -0.25) is 13.9 Å². The topological polar surface area (TPSA) is 86.8 Å². The summed E-state index contributed by atoms with van der Waals surface area (Å²) in [6.07, 6.45) is -3.39. The van der Waals surface area contributed by atoms with Crippen molar-refractivity contribution in [3.05, 3.63) is 63.6 Å². The third-order valence-corrected chi connectivity index (χ3v) is 7.31. The molecule has 204 valence electrons. The highest BCUT2D eigenvalue weighted by atomic mass is 35.5. The molecule has 37 heavy (non-hydrogen) atoms. The van der Waals surface area contributed by atoms with E-state index in [0.717, 1.165) is 17.2 Å². The molecule has 2 aromatic rings. The van der Waals surface area contributed by atoms with Crippen LogP contribution in [0.25, 0.3) is 0 Å². The first-order valence-electron chi connectivity index (χ1n) is 11.2. The van der Waals surface area contributed by atoms with E-state index in [1.165, 1.54) is 6.92 Å². The van der Waals surface area contributed by atoms with Gasteiger partial charge >= 0.3 is 6.18 Å². The summed E-state index contributed by atoms with van der Waals surface area (Å²) in [6, 6.07) is 7.48. The maximum absolute atomic E-state index is 13.5. The van der Waals surface area contributed by atoms with Gasteiger partial charge in [0.2, 0.25) is 21.8 Å². The number of amides is 2. The Morgan fingerprint density at radius 2 is 1.73 bits per heavy atom. The summed E-state index contributed by atoms with van der Waals surface area (Å²) in [4.78, 5) is 27.5. The SMILES string of the molecule is CC[C@@H](C)NC(=O)[C@H](C)N(Cc1cccc(Cl)c1)C(=O)CN(c1cc(C(F)(F)F)ccc1Cl)S(C)(=O)=O. The summed E-state index contributed by atoms with van der Waals surface area (Å²) in [6.45, 7) is 4.13. The molecule has 2 rings (SSSR count). The Labute approximate surface area is 224 Å². The second-order valence-electron chi connectivity index (χ2n) is 8.58. The molecule has 2 amide bonds. The van der Waals surface area contributed by atoms with Gasteiger partial charge in [-0.2, -0.15) is 13.2 Å². The largest absolute Gasteiger partial charge is 0.416 e. The van der Waals surface area contributed by atoms with Gasteiger partial charge in [-0.05, 0) is 56.2 Å². The summed E-state index contributed by atoms with van der Waals surface area (Å²) >= 11 is 12.1. The zero-order chi connectivity index (χ0) is 28.1. The average Bonchev–Trinajstić information content (AvgIpc) is 2.79. The number of hydrogen-bond donors (Lipinski definition) is 1. The van der Waals surface area contributed by atoms with Gasteiger partial charge < -0.3 is 10.2 Å². The zero-order valence-electron chi connectivity index (χ0n) is 20.6. The Balaban J connectivity index is 2.50. The molecule has 0 aliphatic carbocycles. The van der Waals surface area contributed by atoms with E-state index in [1.807, 2.05) is 6.92 Å². The molecule has 0 aliphatic rings. The van der Waals surface area contributed by atoms with Crippen LogP contribution in [0.3, 0.4) is 0 Å². The minimum atomic E-state index is -4.77. The number of sulfonamides is 1. The van der Waals surface area contributed by atoms with E-state index in [9.17, 15) is 31.2 Å². The average molecular weight is 582 g/mol. The van der Waals surface area contributed by atoms with Gasteiger partial charge in [0.25, 0.3) is 0 Å². The van der Waals surface area contributed by atoms with Crippen molar-refractivity contribution in [1.29, 1.82) is 0 Å². The van der Waals surface area contributed by atoms with Crippen LogP contribution in [0.1, 0.15) is 38.3 Å². The fourth-order valence-electron chi connectivity index (χ4n) is 3.36. The molecule has 1 N–H and O–H groups in total. The number of anilines is 1. The van der Waals surface area contributed by atoms with Crippen LogP contribution in [0.15, 0.2) is 42.5 Å². The summed E-state index contributed by atoms with van der Waals surface area (Å²) in [5.74, 6) is -1.31. The predicted octanol–water partition coefficient (Wildman–Crippen LogP) is 5.11. The quantitative estimate of drug-likeness (QED) is 0.422. The molecule has 7 nitrogen and oxygen atoms in total. The van der Waals surface area contributed by atoms with Crippen LogP contribution in [-0.2, 0) is 32.3 Å². The van der Waals surface area contributed by atoms with Gasteiger partial charge in [-0.1, -0.05) is 42.3 Å². The first kappa shape index (κ1) is 30.7. The van der Waals surface area contributed by atoms with E-state index < -0.39 is 51.9 Å². The van der Waals surface area contributed by atoms with Crippen LogP contribution in [0.4, 0.5) is 18.9 Å². The Hall–Kier alpha value is -2.50. The highest BCUT2D eigenvalue weighted by Crippen LogP contribution is 2.36. The van der Waals surface area contributed by atoms with Crippen molar-refractivity contribution in [3.63, 3.8) is 0 Å². The Morgan fingerprint density at radius 3 is 2.27 bits per heavy atom. The highest BCUT2D eigenvalue weighted by molar-refractivity contribution is 7.92. The molecule has 0 saturated heterocycles. The molecule has 0 radical (unpaired) electrons. The lowest BCUT2D eigenvalue weighted by Crippen LogP contribution is -2.52. The molecule has 0 fully saturated rings. The maximum Gasteiger partial charge on any atom is 0.416 e. The van der Waals surface area contributed by atoms with Crippen molar-refractivity contribution >= 4 is 50.7 Å². The van der Waals surface area contributed by atoms with Crippen molar-refractivity contribution in [3.8, 4) is 0 Å². The molecule has 0 aliphatic heterocycles. The molecule has 2 aromatic carbocycles. The Kier molecular flexibility index (Phi) is 10.3. The summed E-state index contributed by atoms with van der Waals surface area (Å²) < 4.78 is 65.7. The molecular weight excluding hydrogens is 554 g/mol. The van der Waals surface area contributed by atoms with Crippen molar-refractivity contribution in [2.75, 3.05) is 17.1 Å². The summed E-state index contributed by atoms with van der Waals surface area (Å²) in [7, 11) is -4.27. The molecular formula is C24H28Cl2F3N3O4S. The standard InChI is InChI=1S/C24H28Cl2F3N3O4S/c1-5-15(2)30-23(34)16(3)31(13-17-7-6-8-19(25)11-17)22(33)14-32(37(4,35)36)21-12-18(24(27,28)29)9-10-20(21)26/h6-12,15-16H,5,13-14H2,1-4H3,(H,30,34)/t15-,16+/m1/s1. The van der Waals surface area contributed by atoms with Crippen LogP contribution in [-0.4, -0.2) is 50.0 Å². The molecule has 0 unspecified atom stereocenters. The number of rotatable bonds is 10. The summed E-state index contributed by atoms with van der Waals surface area (Å²) in [5.41, 5.74) is -1.08. The molecule has 0 bridgehead atoms. The van der Waals surface area contributed by atoms with Crippen LogP contribution in [0.5, 0.6) is 0 Å². The molecule has 0 aromatic heterocycles. The number of nitrogens with one attached hydrogen (secondary N) is 1. The lowest BCUT2D eigenvalue weighted by molar-refractivity contribution is -0.139. The van der Waals surface area contributed by atoms with Crippen molar-refractivity contribution < 1.29 is 31.2 Å². The van der Waals surface area contributed by atoms with Crippen LogP contribution < -0.4 is 9.62 Å². The van der Waals surface area contributed by atoms with Gasteiger partial charge in [-0.15, -0.1) is 0 Å². The lowest BCUT2D eigenvalue weighted by Gasteiger charge is -2.32.